The maximum absolute atomic E-state index is 12.9. The summed E-state index contributed by atoms with van der Waals surface area (Å²) in [7, 11) is 0. The average molecular weight is 456 g/mol. The van der Waals surface area contributed by atoms with E-state index in [4.69, 9.17) is 9.26 Å². The molecular weight excluding hydrogens is 430 g/mol. The molecule has 0 unspecified atom stereocenters. The molecule has 172 valence electrons. The molecule has 0 aliphatic carbocycles. The molecule has 4 aromatic rings. The van der Waals surface area contributed by atoms with E-state index < -0.39 is 0 Å². The van der Waals surface area contributed by atoms with Crippen LogP contribution in [0.1, 0.15) is 21.8 Å². The van der Waals surface area contributed by atoms with E-state index in [1.54, 1.807) is 36.7 Å². The van der Waals surface area contributed by atoms with Crippen LogP contribution in [0.3, 0.4) is 0 Å². The van der Waals surface area contributed by atoms with E-state index in [0.29, 0.717) is 48.4 Å². The third kappa shape index (κ3) is 4.97. The van der Waals surface area contributed by atoms with Crippen LogP contribution in [-0.4, -0.2) is 57.0 Å². The van der Waals surface area contributed by atoms with Gasteiger partial charge in [0.15, 0.2) is 0 Å². The highest BCUT2D eigenvalue weighted by Crippen LogP contribution is 2.22. The molecule has 1 amide bonds. The van der Waals surface area contributed by atoms with Crippen molar-refractivity contribution in [1.82, 2.24) is 24.9 Å². The standard InChI is InChI=1S/C26H25N5O3/c1-19-5-2-3-7-23(19)25-28-24(34-29-25)18-30-13-15-31(16-14-30)26(32)20-8-10-21(11-9-20)33-22-6-4-12-27-17-22/h2-12,17H,13-16,18H2,1H3. The highest BCUT2D eigenvalue weighted by molar-refractivity contribution is 5.94. The van der Waals surface area contributed by atoms with E-state index >= 15 is 0 Å². The Morgan fingerprint density at radius 3 is 2.50 bits per heavy atom. The lowest BCUT2D eigenvalue weighted by Crippen LogP contribution is -2.48. The summed E-state index contributed by atoms with van der Waals surface area (Å²) in [5.74, 6) is 2.54. The molecule has 0 saturated carbocycles. The molecule has 8 heteroatoms. The molecule has 0 bridgehead atoms. The van der Waals surface area contributed by atoms with E-state index in [2.05, 4.69) is 20.0 Å². The summed E-state index contributed by atoms with van der Waals surface area (Å²) in [4.78, 5) is 25.6. The number of nitrogens with zero attached hydrogens (tertiary/aromatic N) is 5. The van der Waals surface area contributed by atoms with E-state index in [1.165, 1.54) is 0 Å². The molecule has 5 rings (SSSR count). The Kier molecular flexibility index (Phi) is 6.31. The summed E-state index contributed by atoms with van der Waals surface area (Å²) in [6.07, 6.45) is 3.34. The molecule has 0 N–H and O–H groups in total. The highest BCUT2D eigenvalue weighted by atomic mass is 16.5. The van der Waals surface area contributed by atoms with Crippen molar-refractivity contribution >= 4 is 5.91 Å². The lowest BCUT2D eigenvalue weighted by molar-refractivity contribution is 0.0615. The number of carbonyl (C=O) groups is 1. The van der Waals surface area contributed by atoms with Crippen molar-refractivity contribution in [3.05, 3.63) is 90.1 Å². The molecule has 1 aliphatic rings. The number of hydrogen-bond donors (Lipinski definition) is 0. The molecule has 3 heterocycles. The number of piperazine rings is 1. The summed E-state index contributed by atoms with van der Waals surface area (Å²) in [6, 6.07) is 18.8. The second kappa shape index (κ2) is 9.84. The molecule has 1 saturated heterocycles. The van der Waals surface area contributed by atoms with Crippen LogP contribution in [0.25, 0.3) is 11.4 Å². The minimum atomic E-state index is 0.0206. The second-order valence-electron chi connectivity index (χ2n) is 8.21. The van der Waals surface area contributed by atoms with Crippen molar-refractivity contribution in [2.24, 2.45) is 0 Å². The van der Waals surface area contributed by atoms with Gasteiger partial charge in [0.1, 0.15) is 11.5 Å². The normalized spacial score (nSPS) is 14.2. The van der Waals surface area contributed by atoms with Gasteiger partial charge in [-0.25, -0.2) is 0 Å². The van der Waals surface area contributed by atoms with Crippen molar-refractivity contribution in [3.63, 3.8) is 0 Å². The van der Waals surface area contributed by atoms with Crippen LogP contribution in [0.4, 0.5) is 0 Å². The fraction of sp³-hybridized carbons (Fsp3) is 0.231. The number of aromatic nitrogens is 3. The largest absolute Gasteiger partial charge is 0.456 e. The van der Waals surface area contributed by atoms with Crippen LogP contribution in [-0.2, 0) is 6.54 Å². The maximum Gasteiger partial charge on any atom is 0.253 e. The van der Waals surface area contributed by atoms with Crippen LogP contribution in [0.15, 0.2) is 77.6 Å². The van der Waals surface area contributed by atoms with Crippen molar-refractivity contribution in [3.8, 4) is 22.9 Å². The summed E-state index contributed by atoms with van der Waals surface area (Å²) in [5.41, 5.74) is 2.73. The van der Waals surface area contributed by atoms with Gasteiger partial charge in [-0.2, -0.15) is 4.98 Å². The molecule has 1 fully saturated rings. The Labute approximate surface area is 197 Å². The molecule has 34 heavy (non-hydrogen) atoms. The number of carbonyl (C=O) groups excluding carboxylic acids is 1. The smallest absolute Gasteiger partial charge is 0.253 e. The number of rotatable bonds is 6. The fourth-order valence-corrected chi connectivity index (χ4v) is 3.94. The topological polar surface area (TPSA) is 84.6 Å². The molecule has 0 atom stereocenters. The molecule has 2 aromatic heterocycles. The first-order valence-corrected chi connectivity index (χ1v) is 11.2. The van der Waals surface area contributed by atoms with Gasteiger partial charge in [0.25, 0.3) is 5.91 Å². The first kappa shape index (κ1) is 21.8. The van der Waals surface area contributed by atoms with Crippen LogP contribution in [0.2, 0.25) is 0 Å². The Hall–Kier alpha value is -4.04. The highest BCUT2D eigenvalue weighted by Gasteiger charge is 2.23. The van der Waals surface area contributed by atoms with E-state index in [0.717, 1.165) is 24.2 Å². The number of benzene rings is 2. The molecule has 2 aromatic carbocycles. The molecule has 1 aliphatic heterocycles. The minimum Gasteiger partial charge on any atom is -0.456 e. The van der Waals surface area contributed by atoms with Gasteiger partial charge in [-0.15, -0.1) is 0 Å². The van der Waals surface area contributed by atoms with Gasteiger partial charge in [-0.1, -0.05) is 29.4 Å². The van der Waals surface area contributed by atoms with Crippen LogP contribution < -0.4 is 4.74 Å². The van der Waals surface area contributed by atoms with Crippen molar-refractivity contribution in [2.45, 2.75) is 13.5 Å². The zero-order valence-corrected chi connectivity index (χ0v) is 18.9. The third-order valence-corrected chi connectivity index (χ3v) is 5.84. The second-order valence-corrected chi connectivity index (χ2v) is 8.21. The zero-order valence-electron chi connectivity index (χ0n) is 18.9. The van der Waals surface area contributed by atoms with Crippen LogP contribution >= 0.6 is 0 Å². The molecule has 8 nitrogen and oxygen atoms in total. The van der Waals surface area contributed by atoms with Gasteiger partial charge in [-0.05, 0) is 48.9 Å². The van der Waals surface area contributed by atoms with Gasteiger partial charge in [0, 0.05) is 43.5 Å². The first-order valence-electron chi connectivity index (χ1n) is 11.2. The van der Waals surface area contributed by atoms with Gasteiger partial charge in [0.2, 0.25) is 11.7 Å². The minimum absolute atomic E-state index is 0.0206. The fourth-order valence-electron chi connectivity index (χ4n) is 3.94. The predicted octanol–water partition coefficient (Wildman–Crippen LogP) is 4.19. The number of amides is 1. The molecular formula is C26H25N5O3. The van der Waals surface area contributed by atoms with Gasteiger partial charge in [-0.3, -0.25) is 14.7 Å². The molecule has 0 radical (unpaired) electrons. The van der Waals surface area contributed by atoms with Crippen LogP contribution in [0.5, 0.6) is 11.5 Å². The molecule has 0 spiro atoms. The van der Waals surface area contributed by atoms with Crippen LogP contribution in [0, 0.1) is 6.92 Å². The van der Waals surface area contributed by atoms with E-state index in [1.807, 2.05) is 48.2 Å². The van der Waals surface area contributed by atoms with Gasteiger partial charge < -0.3 is 14.2 Å². The van der Waals surface area contributed by atoms with E-state index in [-0.39, 0.29) is 5.91 Å². The number of pyridine rings is 1. The van der Waals surface area contributed by atoms with Crippen molar-refractivity contribution in [1.29, 1.82) is 0 Å². The monoisotopic (exact) mass is 455 g/mol. The summed E-state index contributed by atoms with van der Waals surface area (Å²) < 4.78 is 11.2. The predicted molar refractivity (Wildman–Crippen MR) is 126 cm³/mol. The number of hydrogen-bond acceptors (Lipinski definition) is 7. The summed E-state index contributed by atoms with van der Waals surface area (Å²) in [6.45, 7) is 5.38. The quantitative estimate of drug-likeness (QED) is 0.431. The summed E-state index contributed by atoms with van der Waals surface area (Å²) >= 11 is 0. The van der Waals surface area contributed by atoms with Gasteiger partial charge in [0.05, 0.1) is 12.7 Å². The Morgan fingerprint density at radius 2 is 1.76 bits per heavy atom. The number of ether oxygens (including phenoxy) is 1. The SMILES string of the molecule is Cc1ccccc1-c1noc(CN2CCN(C(=O)c3ccc(Oc4cccnc4)cc3)CC2)n1. The first-order chi connectivity index (χ1) is 16.7. The number of aryl methyl sites for hydroxylation is 1. The van der Waals surface area contributed by atoms with Crippen molar-refractivity contribution < 1.29 is 14.1 Å². The van der Waals surface area contributed by atoms with Gasteiger partial charge >= 0.3 is 0 Å². The average Bonchev–Trinajstić information content (AvgIpc) is 3.34. The Balaban J connectivity index is 1.14. The lowest BCUT2D eigenvalue weighted by atomic mass is 10.1. The Morgan fingerprint density at radius 1 is 0.971 bits per heavy atom. The third-order valence-electron chi connectivity index (χ3n) is 5.84. The van der Waals surface area contributed by atoms with E-state index in [9.17, 15) is 4.79 Å². The Bertz CT molecular complexity index is 1250. The summed E-state index contributed by atoms with van der Waals surface area (Å²) in [5, 5.41) is 4.14. The maximum atomic E-state index is 12.9. The zero-order chi connectivity index (χ0) is 23.3. The van der Waals surface area contributed by atoms with Crippen molar-refractivity contribution in [2.75, 3.05) is 26.2 Å². The lowest BCUT2D eigenvalue weighted by Gasteiger charge is -2.34.